The molecule has 2 nitrogen and oxygen atoms in total. The average Bonchev–Trinajstić information content (AvgIpc) is 1.78. The summed E-state index contributed by atoms with van der Waals surface area (Å²) in [7, 11) is 0. The zero-order valence-corrected chi connectivity index (χ0v) is 9.35. The summed E-state index contributed by atoms with van der Waals surface area (Å²) in [6.07, 6.45) is 4.37. The van der Waals surface area contributed by atoms with Gasteiger partial charge in [-0.1, -0.05) is 40.7 Å². The minimum Gasteiger partial charge on any atom is -0.366 e. The molecular weight excluding hydrogens is 162 g/mol. The number of nitrogens with two attached hydrogens (primary N) is 1. The Labute approximate surface area is 81.2 Å². The minimum absolute atomic E-state index is 0.0350. The number of carbonyl (C=O) groups is 1. The predicted molar refractivity (Wildman–Crippen MR) is 56.2 cm³/mol. The Morgan fingerprint density at radius 1 is 1.23 bits per heavy atom. The summed E-state index contributed by atoms with van der Waals surface area (Å²) in [5.41, 5.74) is 5.34. The Hall–Kier alpha value is -0.790. The van der Waals surface area contributed by atoms with Gasteiger partial charge in [-0.05, 0) is 23.3 Å². The van der Waals surface area contributed by atoms with E-state index in [1.54, 1.807) is 0 Å². The molecule has 0 spiro atoms. The molecule has 2 N–H and O–H groups in total. The van der Waals surface area contributed by atoms with E-state index in [1.165, 1.54) is 6.08 Å². The molecule has 76 valence electrons. The Bertz CT molecular complexity index is 209. The summed E-state index contributed by atoms with van der Waals surface area (Å²) < 4.78 is 0. The first-order valence-electron chi connectivity index (χ1n) is 4.61. The smallest absolute Gasteiger partial charge is 0.241 e. The molecule has 0 saturated heterocycles. The molecule has 0 saturated carbocycles. The topological polar surface area (TPSA) is 43.1 Å². The van der Waals surface area contributed by atoms with Crippen molar-refractivity contribution in [1.82, 2.24) is 0 Å². The van der Waals surface area contributed by atoms with Gasteiger partial charge < -0.3 is 5.73 Å². The third-order valence-corrected chi connectivity index (χ3v) is 1.68. The van der Waals surface area contributed by atoms with Crippen LogP contribution in [0.1, 0.15) is 41.0 Å². The lowest BCUT2D eigenvalue weighted by molar-refractivity contribution is -0.113. The fourth-order valence-corrected chi connectivity index (χ4v) is 1.73. The molecule has 0 fully saturated rings. The van der Waals surface area contributed by atoms with Gasteiger partial charge in [0.25, 0.3) is 0 Å². The van der Waals surface area contributed by atoms with Crippen LogP contribution < -0.4 is 5.73 Å². The molecule has 0 unspecified atom stereocenters. The molecule has 0 aromatic rings. The maximum atomic E-state index is 10.5. The van der Waals surface area contributed by atoms with Crippen LogP contribution in [0.15, 0.2) is 12.2 Å². The van der Waals surface area contributed by atoms with E-state index in [0.29, 0.717) is 0 Å². The number of hydrogen-bond donors (Lipinski definition) is 1. The second kappa shape index (κ2) is 3.95. The van der Waals surface area contributed by atoms with Gasteiger partial charge >= 0.3 is 0 Å². The maximum absolute atomic E-state index is 10.5. The fraction of sp³-hybridized carbons (Fsp3) is 0.727. The van der Waals surface area contributed by atoms with Crippen molar-refractivity contribution in [2.24, 2.45) is 16.6 Å². The highest BCUT2D eigenvalue weighted by molar-refractivity contribution is 5.85. The summed E-state index contributed by atoms with van der Waals surface area (Å²) in [5.74, 6) is -0.373. The third kappa shape index (κ3) is 7.57. The van der Waals surface area contributed by atoms with Crippen LogP contribution >= 0.6 is 0 Å². The van der Waals surface area contributed by atoms with Crippen molar-refractivity contribution in [2.75, 3.05) is 0 Å². The van der Waals surface area contributed by atoms with Crippen LogP contribution in [0.2, 0.25) is 0 Å². The summed E-state index contributed by atoms with van der Waals surface area (Å²) in [5, 5.41) is 0. The highest BCUT2D eigenvalue weighted by Gasteiger charge is 2.22. The molecular formula is C11H21NO. The normalized spacial score (nSPS) is 13.6. The predicted octanol–water partition coefficient (Wildman–Crippen LogP) is 2.49. The molecule has 0 atom stereocenters. The molecule has 2 heteroatoms. The standard InChI is InChI=1S/C11H21NO/c1-10(2,3)8-11(4,5)7-6-9(12)13/h6-7H,8H2,1-5H3,(H2,12,13). The van der Waals surface area contributed by atoms with Gasteiger partial charge in [-0.3, -0.25) is 4.79 Å². The molecule has 0 bridgehead atoms. The maximum Gasteiger partial charge on any atom is 0.241 e. The molecule has 0 radical (unpaired) electrons. The van der Waals surface area contributed by atoms with Gasteiger partial charge in [-0.15, -0.1) is 0 Å². The second-order valence-corrected chi connectivity index (χ2v) is 5.46. The van der Waals surface area contributed by atoms with E-state index in [4.69, 9.17) is 5.73 Å². The molecule has 0 rings (SSSR count). The van der Waals surface area contributed by atoms with E-state index >= 15 is 0 Å². The third-order valence-electron chi connectivity index (χ3n) is 1.68. The molecule has 0 aliphatic heterocycles. The Morgan fingerprint density at radius 2 is 1.69 bits per heavy atom. The van der Waals surface area contributed by atoms with Gasteiger partial charge in [0.1, 0.15) is 0 Å². The highest BCUT2D eigenvalue weighted by atomic mass is 16.1. The molecule has 0 aromatic heterocycles. The number of allylic oxidation sites excluding steroid dienone is 1. The Kier molecular flexibility index (Phi) is 3.71. The van der Waals surface area contributed by atoms with E-state index in [-0.39, 0.29) is 16.7 Å². The zero-order valence-electron chi connectivity index (χ0n) is 9.35. The number of primary amides is 1. The van der Waals surface area contributed by atoms with Crippen molar-refractivity contribution >= 4 is 5.91 Å². The van der Waals surface area contributed by atoms with Crippen molar-refractivity contribution in [3.8, 4) is 0 Å². The van der Waals surface area contributed by atoms with Crippen LogP contribution in [-0.2, 0) is 4.79 Å². The van der Waals surface area contributed by atoms with Crippen molar-refractivity contribution in [3.63, 3.8) is 0 Å². The number of carbonyl (C=O) groups excluding carboxylic acids is 1. The minimum atomic E-state index is -0.373. The second-order valence-electron chi connectivity index (χ2n) is 5.46. The van der Waals surface area contributed by atoms with E-state index in [9.17, 15) is 4.79 Å². The summed E-state index contributed by atoms with van der Waals surface area (Å²) >= 11 is 0. The van der Waals surface area contributed by atoms with E-state index in [0.717, 1.165) is 6.42 Å². The van der Waals surface area contributed by atoms with Crippen LogP contribution in [0, 0.1) is 10.8 Å². The molecule has 0 heterocycles. The van der Waals surface area contributed by atoms with Gasteiger partial charge in [0, 0.05) is 0 Å². The summed E-state index contributed by atoms with van der Waals surface area (Å²) in [4.78, 5) is 10.5. The zero-order chi connectivity index (χ0) is 10.7. The average molecular weight is 183 g/mol. The van der Waals surface area contributed by atoms with Gasteiger partial charge in [-0.2, -0.15) is 0 Å². The Morgan fingerprint density at radius 3 is 2.00 bits per heavy atom. The first kappa shape index (κ1) is 12.2. The SMILES string of the molecule is CC(C)(C)CC(C)(C)C=CC(N)=O. The van der Waals surface area contributed by atoms with Crippen molar-refractivity contribution in [3.05, 3.63) is 12.2 Å². The fourth-order valence-electron chi connectivity index (χ4n) is 1.73. The quantitative estimate of drug-likeness (QED) is 0.671. The van der Waals surface area contributed by atoms with Gasteiger partial charge in [0.2, 0.25) is 5.91 Å². The monoisotopic (exact) mass is 183 g/mol. The van der Waals surface area contributed by atoms with Crippen molar-refractivity contribution in [2.45, 2.75) is 41.0 Å². The lowest BCUT2D eigenvalue weighted by Gasteiger charge is -2.29. The Balaban J connectivity index is 4.32. The first-order chi connectivity index (χ1) is 5.62. The van der Waals surface area contributed by atoms with E-state index < -0.39 is 0 Å². The lowest BCUT2D eigenvalue weighted by Crippen LogP contribution is -2.19. The summed E-state index contributed by atoms with van der Waals surface area (Å²) in [6, 6.07) is 0. The number of rotatable bonds is 3. The van der Waals surface area contributed by atoms with Crippen LogP contribution in [0.4, 0.5) is 0 Å². The largest absolute Gasteiger partial charge is 0.366 e. The number of hydrogen-bond acceptors (Lipinski definition) is 1. The van der Waals surface area contributed by atoms with Crippen LogP contribution in [0.5, 0.6) is 0 Å². The highest BCUT2D eigenvalue weighted by Crippen LogP contribution is 2.33. The summed E-state index contributed by atoms with van der Waals surface area (Å²) in [6.45, 7) is 10.8. The van der Waals surface area contributed by atoms with Crippen molar-refractivity contribution in [1.29, 1.82) is 0 Å². The molecule has 1 amide bonds. The van der Waals surface area contributed by atoms with Gasteiger partial charge in [0.05, 0.1) is 0 Å². The molecule has 13 heavy (non-hydrogen) atoms. The van der Waals surface area contributed by atoms with Crippen molar-refractivity contribution < 1.29 is 4.79 Å². The molecule has 0 aliphatic carbocycles. The van der Waals surface area contributed by atoms with Crippen LogP contribution in [0.3, 0.4) is 0 Å². The molecule has 0 aromatic carbocycles. The molecule has 0 aliphatic rings. The first-order valence-corrected chi connectivity index (χ1v) is 4.61. The van der Waals surface area contributed by atoms with Crippen LogP contribution in [-0.4, -0.2) is 5.91 Å². The van der Waals surface area contributed by atoms with Gasteiger partial charge in [-0.25, -0.2) is 0 Å². The van der Waals surface area contributed by atoms with E-state index in [1.807, 2.05) is 6.08 Å². The van der Waals surface area contributed by atoms with Gasteiger partial charge in [0.15, 0.2) is 0 Å². The lowest BCUT2D eigenvalue weighted by atomic mass is 9.76. The number of amides is 1. The van der Waals surface area contributed by atoms with Crippen LogP contribution in [0.25, 0.3) is 0 Å². The van der Waals surface area contributed by atoms with E-state index in [2.05, 4.69) is 34.6 Å².